The van der Waals surface area contributed by atoms with Crippen LogP contribution in [0.4, 0.5) is 5.69 Å². The molecule has 0 fully saturated rings. The van der Waals surface area contributed by atoms with Gasteiger partial charge in [-0.05, 0) is 43.3 Å². The summed E-state index contributed by atoms with van der Waals surface area (Å²) in [5.74, 6) is -0.00228. The van der Waals surface area contributed by atoms with Crippen LogP contribution in [0, 0.1) is 0 Å². The Morgan fingerprint density at radius 3 is 2.38 bits per heavy atom. The molecule has 0 unspecified atom stereocenters. The second-order valence-electron chi connectivity index (χ2n) is 6.71. The summed E-state index contributed by atoms with van der Waals surface area (Å²) in [5.41, 5.74) is 0.807. The molecule has 0 radical (unpaired) electrons. The molecule has 0 saturated heterocycles. The number of aromatic nitrogens is 3. The number of nitrogens with one attached hydrogen (secondary N) is 2. The van der Waals surface area contributed by atoms with Gasteiger partial charge in [0.1, 0.15) is 0 Å². The summed E-state index contributed by atoms with van der Waals surface area (Å²) in [6.07, 6.45) is 0. The Balaban J connectivity index is 1.60. The maximum Gasteiger partial charge on any atom is 0.253 e. The molecule has 2 amide bonds. The van der Waals surface area contributed by atoms with E-state index in [0.717, 1.165) is 0 Å². The van der Waals surface area contributed by atoms with Gasteiger partial charge < -0.3 is 15.2 Å². The van der Waals surface area contributed by atoms with Crippen LogP contribution in [-0.4, -0.2) is 32.3 Å². The SMILES string of the molecule is C[C@H](NC(=O)c1ccc(Cl)cc1Cl)c1nnc(SCC(=O)Nc2cc(Cl)cc(Cl)c2)n1C. The van der Waals surface area contributed by atoms with E-state index in [0.29, 0.717) is 37.3 Å². The number of anilines is 1. The van der Waals surface area contributed by atoms with Gasteiger partial charge in [0, 0.05) is 27.8 Å². The topological polar surface area (TPSA) is 88.9 Å². The lowest BCUT2D eigenvalue weighted by Gasteiger charge is -2.14. The highest BCUT2D eigenvalue weighted by molar-refractivity contribution is 7.99. The Morgan fingerprint density at radius 1 is 1.03 bits per heavy atom. The quantitative estimate of drug-likeness (QED) is 0.384. The molecule has 0 aliphatic rings. The number of carbonyl (C=O) groups excluding carboxylic acids is 2. The van der Waals surface area contributed by atoms with E-state index in [1.54, 1.807) is 48.9 Å². The predicted octanol–water partition coefficient (Wildman–Crippen LogP) is 5.65. The molecule has 1 heterocycles. The van der Waals surface area contributed by atoms with E-state index < -0.39 is 6.04 Å². The summed E-state index contributed by atoms with van der Waals surface area (Å²) in [6.45, 7) is 1.77. The van der Waals surface area contributed by atoms with Gasteiger partial charge in [0.2, 0.25) is 5.91 Å². The van der Waals surface area contributed by atoms with E-state index in [-0.39, 0.29) is 22.6 Å². The molecule has 0 saturated carbocycles. The third-order valence-electron chi connectivity index (χ3n) is 4.26. The molecular weight excluding hydrogens is 516 g/mol. The first-order chi connectivity index (χ1) is 15.1. The first kappa shape index (κ1) is 24.7. The van der Waals surface area contributed by atoms with Gasteiger partial charge in [-0.3, -0.25) is 9.59 Å². The molecular formula is C20H17Cl4N5O2S. The fourth-order valence-electron chi connectivity index (χ4n) is 2.79. The number of benzene rings is 2. The molecule has 3 aromatic rings. The first-order valence-corrected chi connectivity index (χ1v) is 11.7. The summed E-state index contributed by atoms with van der Waals surface area (Å²) in [7, 11) is 1.75. The lowest BCUT2D eigenvalue weighted by Crippen LogP contribution is -2.28. The van der Waals surface area contributed by atoms with Crippen LogP contribution in [0.15, 0.2) is 41.6 Å². The van der Waals surface area contributed by atoms with Gasteiger partial charge in [-0.1, -0.05) is 58.2 Å². The van der Waals surface area contributed by atoms with Crippen molar-refractivity contribution in [1.82, 2.24) is 20.1 Å². The number of hydrogen-bond donors (Lipinski definition) is 2. The van der Waals surface area contributed by atoms with Crippen molar-refractivity contribution in [2.75, 3.05) is 11.1 Å². The molecule has 0 bridgehead atoms. The zero-order valence-corrected chi connectivity index (χ0v) is 20.7. The molecule has 7 nitrogen and oxygen atoms in total. The summed E-state index contributed by atoms with van der Waals surface area (Å²) < 4.78 is 1.71. The summed E-state index contributed by atoms with van der Waals surface area (Å²) >= 11 is 25.1. The highest BCUT2D eigenvalue weighted by Gasteiger charge is 2.20. The summed E-state index contributed by atoms with van der Waals surface area (Å²) in [6, 6.07) is 8.98. The maximum atomic E-state index is 12.5. The highest BCUT2D eigenvalue weighted by Crippen LogP contribution is 2.25. The summed E-state index contributed by atoms with van der Waals surface area (Å²) in [5, 5.41) is 15.9. The molecule has 2 N–H and O–H groups in total. The predicted molar refractivity (Wildman–Crippen MR) is 129 cm³/mol. The van der Waals surface area contributed by atoms with Crippen molar-refractivity contribution in [2.24, 2.45) is 7.05 Å². The van der Waals surface area contributed by atoms with Crippen LogP contribution in [0.1, 0.15) is 29.1 Å². The van der Waals surface area contributed by atoms with Gasteiger partial charge in [-0.2, -0.15) is 0 Å². The van der Waals surface area contributed by atoms with Gasteiger partial charge in [0.15, 0.2) is 11.0 Å². The van der Waals surface area contributed by atoms with Gasteiger partial charge in [0.05, 0.1) is 22.4 Å². The monoisotopic (exact) mass is 531 g/mol. The van der Waals surface area contributed by atoms with E-state index >= 15 is 0 Å². The van der Waals surface area contributed by atoms with Crippen molar-refractivity contribution in [3.8, 4) is 0 Å². The third-order valence-corrected chi connectivity index (χ3v) is 6.26. The van der Waals surface area contributed by atoms with Crippen molar-refractivity contribution in [3.05, 3.63) is 67.9 Å². The molecule has 1 atom stereocenters. The fourth-order valence-corrected chi connectivity index (χ4v) is 4.53. The van der Waals surface area contributed by atoms with Crippen molar-refractivity contribution in [3.63, 3.8) is 0 Å². The second-order valence-corrected chi connectivity index (χ2v) is 9.37. The average molecular weight is 533 g/mol. The number of nitrogens with zero attached hydrogens (tertiary/aromatic N) is 3. The number of halogens is 4. The zero-order valence-electron chi connectivity index (χ0n) is 16.8. The Labute approximate surface area is 208 Å². The Hall–Kier alpha value is -1.97. The minimum atomic E-state index is -0.455. The second kappa shape index (κ2) is 10.8. The van der Waals surface area contributed by atoms with Crippen LogP contribution >= 0.6 is 58.2 Å². The Kier molecular flexibility index (Phi) is 8.30. The van der Waals surface area contributed by atoms with E-state index in [1.807, 2.05) is 0 Å². The zero-order chi connectivity index (χ0) is 23.4. The number of amides is 2. The summed E-state index contributed by atoms with van der Waals surface area (Å²) in [4.78, 5) is 24.8. The maximum absolute atomic E-state index is 12.5. The van der Waals surface area contributed by atoms with Crippen molar-refractivity contribution >= 4 is 75.7 Å². The van der Waals surface area contributed by atoms with Crippen molar-refractivity contribution < 1.29 is 9.59 Å². The standard InChI is InChI=1S/C20H17Cl4N5O2S/c1-10(25-19(31)15-4-3-11(21)8-16(15)24)18-27-28-20(29(18)2)32-9-17(30)26-14-6-12(22)5-13(23)7-14/h3-8,10H,9H2,1-2H3,(H,25,31)(H,26,30)/t10-/m0/s1. The Morgan fingerprint density at radius 2 is 1.72 bits per heavy atom. The molecule has 0 aliphatic heterocycles. The number of hydrogen-bond acceptors (Lipinski definition) is 5. The smallest absolute Gasteiger partial charge is 0.253 e. The first-order valence-electron chi connectivity index (χ1n) is 9.18. The van der Waals surface area contributed by atoms with Crippen LogP contribution in [0.5, 0.6) is 0 Å². The molecule has 32 heavy (non-hydrogen) atoms. The van der Waals surface area contributed by atoms with Gasteiger partial charge in [0.25, 0.3) is 5.91 Å². The van der Waals surface area contributed by atoms with E-state index in [9.17, 15) is 9.59 Å². The number of rotatable bonds is 7. The highest BCUT2D eigenvalue weighted by atomic mass is 35.5. The molecule has 0 spiro atoms. The lowest BCUT2D eigenvalue weighted by atomic mass is 10.2. The van der Waals surface area contributed by atoms with E-state index in [4.69, 9.17) is 46.4 Å². The largest absolute Gasteiger partial charge is 0.342 e. The van der Waals surface area contributed by atoms with E-state index in [1.165, 1.54) is 17.8 Å². The van der Waals surface area contributed by atoms with Crippen LogP contribution in [0.25, 0.3) is 0 Å². The third kappa shape index (κ3) is 6.30. The molecule has 168 valence electrons. The van der Waals surface area contributed by atoms with Crippen molar-refractivity contribution in [2.45, 2.75) is 18.1 Å². The normalized spacial score (nSPS) is 11.8. The van der Waals surface area contributed by atoms with Gasteiger partial charge in [-0.15, -0.1) is 10.2 Å². The molecule has 3 rings (SSSR count). The molecule has 1 aromatic heterocycles. The molecule has 12 heteroatoms. The Bertz CT molecular complexity index is 1150. The van der Waals surface area contributed by atoms with Crippen LogP contribution in [0.3, 0.4) is 0 Å². The minimum Gasteiger partial charge on any atom is -0.342 e. The van der Waals surface area contributed by atoms with Gasteiger partial charge >= 0.3 is 0 Å². The molecule has 0 aliphatic carbocycles. The number of thioether (sulfide) groups is 1. The van der Waals surface area contributed by atoms with Crippen LogP contribution in [0.2, 0.25) is 20.1 Å². The van der Waals surface area contributed by atoms with Gasteiger partial charge in [-0.25, -0.2) is 0 Å². The van der Waals surface area contributed by atoms with Crippen LogP contribution < -0.4 is 10.6 Å². The van der Waals surface area contributed by atoms with Crippen molar-refractivity contribution in [1.29, 1.82) is 0 Å². The van der Waals surface area contributed by atoms with Crippen LogP contribution in [-0.2, 0) is 11.8 Å². The molecule has 2 aromatic carbocycles. The lowest BCUT2D eigenvalue weighted by molar-refractivity contribution is -0.113. The fraction of sp³-hybridized carbons (Fsp3) is 0.200. The average Bonchev–Trinajstić information content (AvgIpc) is 3.06. The number of carbonyl (C=O) groups is 2. The van der Waals surface area contributed by atoms with E-state index in [2.05, 4.69) is 20.8 Å². The minimum absolute atomic E-state index is 0.0945.